The van der Waals surface area contributed by atoms with Gasteiger partial charge in [-0.05, 0) is 42.0 Å². The Labute approximate surface area is 156 Å². The van der Waals surface area contributed by atoms with Crippen LogP contribution in [0, 0.1) is 11.6 Å². The summed E-state index contributed by atoms with van der Waals surface area (Å²) in [5.41, 5.74) is -0.341. The van der Waals surface area contributed by atoms with Crippen molar-refractivity contribution in [2.45, 2.75) is 0 Å². The SMILES string of the molecule is NS(=O)(=O)Oc1cccc(-c2ccc(C(=O)c3c(F)ccc(O)c3F)s2)c1. The number of halogens is 2. The third kappa shape index (κ3) is 4.13. The molecule has 0 atom stereocenters. The summed E-state index contributed by atoms with van der Waals surface area (Å²) in [6.07, 6.45) is 0. The topological polar surface area (TPSA) is 107 Å². The Morgan fingerprint density at radius 1 is 1.11 bits per heavy atom. The van der Waals surface area contributed by atoms with Gasteiger partial charge in [-0.15, -0.1) is 11.3 Å². The molecule has 6 nitrogen and oxygen atoms in total. The Morgan fingerprint density at radius 3 is 2.56 bits per heavy atom. The van der Waals surface area contributed by atoms with Crippen LogP contribution in [-0.2, 0) is 10.3 Å². The van der Waals surface area contributed by atoms with Crippen LogP contribution in [0.5, 0.6) is 11.5 Å². The second-order valence-corrected chi connectivity index (χ2v) is 7.59. The van der Waals surface area contributed by atoms with Gasteiger partial charge in [-0.2, -0.15) is 13.6 Å². The molecular weight excluding hydrogens is 400 g/mol. The minimum Gasteiger partial charge on any atom is -0.505 e. The lowest BCUT2D eigenvalue weighted by molar-refractivity contribution is 0.103. The van der Waals surface area contributed by atoms with Crippen molar-refractivity contribution in [2.24, 2.45) is 5.14 Å². The predicted octanol–water partition coefficient (Wildman–Crippen LogP) is 3.21. The number of phenols is 1. The van der Waals surface area contributed by atoms with Crippen LogP contribution in [0.25, 0.3) is 10.4 Å². The monoisotopic (exact) mass is 411 g/mol. The van der Waals surface area contributed by atoms with E-state index in [0.29, 0.717) is 10.4 Å². The number of carbonyl (C=O) groups excluding carboxylic acids is 1. The molecule has 0 amide bonds. The summed E-state index contributed by atoms with van der Waals surface area (Å²) in [5.74, 6) is -4.20. The highest BCUT2D eigenvalue weighted by Crippen LogP contribution is 2.33. The number of phenolic OH excluding ortho intramolecular Hbond substituents is 1. The number of rotatable bonds is 5. The molecule has 0 radical (unpaired) electrons. The maximum absolute atomic E-state index is 13.9. The van der Waals surface area contributed by atoms with Crippen LogP contribution in [0.3, 0.4) is 0 Å². The zero-order chi connectivity index (χ0) is 19.8. The van der Waals surface area contributed by atoms with Crippen LogP contribution in [-0.4, -0.2) is 19.3 Å². The van der Waals surface area contributed by atoms with Gasteiger partial charge in [0.15, 0.2) is 11.6 Å². The average Bonchev–Trinajstić information content (AvgIpc) is 3.07. The molecule has 0 unspecified atom stereocenters. The number of benzene rings is 2. The van der Waals surface area contributed by atoms with Crippen molar-refractivity contribution < 1.29 is 31.3 Å². The zero-order valence-electron chi connectivity index (χ0n) is 13.3. The van der Waals surface area contributed by atoms with Gasteiger partial charge in [-0.1, -0.05) is 12.1 Å². The Hall–Kier alpha value is -2.82. The molecule has 0 bridgehead atoms. The Kier molecular flexibility index (Phi) is 4.96. The highest BCUT2D eigenvalue weighted by atomic mass is 32.2. The van der Waals surface area contributed by atoms with Crippen molar-refractivity contribution in [3.8, 4) is 21.9 Å². The third-order valence-corrected chi connectivity index (χ3v) is 5.02. The van der Waals surface area contributed by atoms with E-state index in [1.165, 1.54) is 30.3 Å². The predicted molar refractivity (Wildman–Crippen MR) is 94.9 cm³/mol. The molecule has 0 saturated heterocycles. The number of thiophene rings is 1. The van der Waals surface area contributed by atoms with Crippen LogP contribution in [0.1, 0.15) is 15.2 Å². The maximum atomic E-state index is 13.9. The van der Waals surface area contributed by atoms with E-state index >= 15 is 0 Å². The first-order valence-corrected chi connectivity index (χ1v) is 9.58. The highest BCUT2D eigenvalue weighted by Gasteiger charge is 2.23. The first-order chi connectivity index (χ1) is 12.7. The summed E-state index contributed by atoms with van der Waals surface area (Å²) in [7, 11) is -4.19. The van der Waals surface area contributed by atoms with Crippen molar-refractivity contribution in [1.82, 2.24) is 0 Å². The van der Waals surface area contributed by atoms with E-state index in [1.54, 1.807) is 6.07 Å². The first kappa shape index (κ1) is 19.0. The Morgan fingerprint density at radius 2 is 1.85 bits per heavy atom. The average molecular weight is 411 g/mol. The number of aromatic hydroxyl groups is 1. The van der Waals surface area contributed by atoms with Gasteiger partial charge in [-0.3, -0.25) is 4.79 Å². The smallest absolute Gasteiger partial charge is 0.380 e. The summed E-state index contributed by atoms with van der Waals surface area (Å²) in [5, 5.41) is 14.2. The molecule has 27 heavy (non-hydrogen) atoms. The van der Waals surface area contributed by atoms with Crippen molar-refractivity contribution in [3.63, 3.8) is 0 Å². The second kappa shape index (κ2) is 7.06. The van der Waals surface area contributed by atoms with Crippen LogP contribution in [0.2, 0.25) is 0 Å². The Balaban J connectivity index is 1.95. The van der Waals surface area contributed by atoms with Crippen LogP contribution in [0.4, 0.5) is 8.78 Å². The summed E-state index contributed by atoms with van der Waals surface area (Å²) < 4.78 is 54.4. The van der Waals surface area contributed by atoms with E-state index in [1.807, 2.05) is 0 Å². The Bertz CT molecular complexity index is 1140. The highest BCUT2D eigenvalue weighted by molar-refractivity contribution is 7.84. The molecule has 1 heterocycles. The van der Waals surface area contributed by atoms with Crippen molar-refractivity contribution >= 4 is 27.4 Å². The molecule has 3 aromatic rings. The van der Waals surface area contributed by atoms with Gasteiger partial charge >= 0.3 is 10.3 Å². The molecule has 2 aromatic carbocycles. The number of nitrogens with two attached hydrogens (primary N) is 1. The van der Waals surface area contributed by atoms with Crippen molar-refractivity contribution in [2.75, 3.05) is 0 Å². The number of hydrogen-bond donors (Lipinski definition) is 2. The van der Waals surface area contributed by atoms with E-state index in [2.05, 4.69) is 4.18 Å². The summed E-state index contributed by atoms with van der Waals surface area (Å²) in [6.45, 7) is 0. The molecule has 10 heteroatoms. The fourth-order valence-electron chi connectivity index (χ4n) is 2.32. The lowest BCUT2D eigenvalue weighted by atomic mass is 10.1. The van der Waals surface area contributed by atoms with E-state index in [0.717, 1.165) is 23.5 Å². The molecule has 0 aliphatic carbocycles. The molecule has 140 valence electrons. The minimum atomic E-state index is -4.19. The van der Waals surface area contributed by atoms with Gasteiger partial charge in [0.05, 0.1) is 10.4 Å². The number of carbonyl (C=O) groups is 1. The van der Waals surface area contributed by atoms with E-state index in [9.17, 15) is 27.1 Å². The molecule has 0 aliphatic rings. The lowest BCUT2D eigenvalue weighted by Crippen LogP contribution is -2.18. The van der Waals surface area contributed by atoms with Gasteiger partial charge in [0.25, 0.3) is 0 Å². The van der Waals surface area contributed by atoms with Gasteiger partial charge in [0.2, 0.25) is 5.78 Å². The van der Waals surface area contributed by atoms with E-state index in [4.69, 9.17) is 5.14 Å². The van der Waals surface area contributed by atoms with Gasteiger partial charge < -0.3 is 9.29 Å². The maximum Gasteiger partial charge on any atom is 0.380 e. The van der Waals surface area contributed by atoms with Crippen molar-refractivity contribution in [1.29, 1.82) is 0 Å². The second-order valence-electron chi connectivity index (χ2n) is 5.35. The fraction of sp³-hybridized carbons (Fsp3) is 0. The summed E-state index contributed by atoms with van der Waals surface area (Å²) in [4.78, 5) is 13.0. The molecule has 0 saturated carbocycles. The molecular formula is C17H11F2NO5S2. The van der Waals surface area contributed by atoms with Gasteiger partial charge in [0.1, 0.15) is 11.6 Å². The zero-order valence-corrected chi connectivity index (χ0v) is 15.0. The van der Waals surface area contributed by atoms with Crippen LogP contribution < -0.4 is 9.32 Å². The van der Waals surface area contributed by atoms with E-state index in [-0.39, 0.29) is 10.6 Å². The third-order valence-electron chi connectivity index (χ3n) is 3.46. The molecule has 0 spiro atoms. The van der Waals surface area contributed by atoms with Crippen LogP contribution in [0.15, 0.2) is 48.5 Å². The molecule has 0 aliphatic heterocycles. The standard InChI is InChI=1S/C17H11F2NO5S2/c18-11-4-5-12(21)16(19)15(11)17(22)14-7-6-13(26-14)9-2-1-3-10(8-9)25-27(20,23)24/h1-8,21H,(H2,20,23,24). The van der Waals surface area contributed by atoms with Gasteiger partial charge in [-0.25, -0.2) is 8.78 Å². The number of hydrogen-bond acceptors (Lipinski definition) is 6. The van der Waals surface area contributed by atoms with E-state index < -0.39 is 39.0 Å². The first-order valence-electron chi connectivity index (χ1n) is 7.30. The lowest BCUT2D eigenvalue weighted by Gasteiger charge is -2.05. The molecule has 0 fully saturated rings. The quantitative estimate of drug-likeness (QED) is 0.627. The summed E-state index contributed by atoms with van der Waals surface area (Å²) in [6, 6.07) is 10.4. The van der Waals surface area contributed by atoms with Gasteiger partial charge in [0, 0.05) is 4.88 Å². The van der Waals surface area contributed by atoms with Crippen LogP contribution >= 0.6 is 11.3 Å². The molecule has 3 rings (SSSR count). The largest absolute Gasteiger partial charge is 0.505 e. The molecule has 1 aromatic heterocycles. The molecule has 3 N–H and O–H groups in total. The number of ketones is 1. The summed E-state index contributed by atoms with van der Waals surface area (Å²) >= 11 is 0.938. The normalized spacial score (nSPS) is 11.4. The minimum absolute atomic E-state index is 0.0265. The van der Waals surface area contributed by atoms with Crippen molar-refractivity contribution in [3.05, 3.63) is 70.6 Å². The fourth-order valence-corrected chi connectivity index (χ4v) is 3.64.